The fourth-order valence-corrected chi connectivity index (χ4v) is 6.47. The highest BCUT2D eigenvalue weighted by molar-refractivity contribution is 6.80. The zero-order valence-corrected chi connectivity index (χ0v) is 20.6. The van der Waals surface area contributed by atoms with Gasteiger partial charge in [-0.25, -0.2) is 0 Å². The van der Waals surface area contributed by atoms with Crippen LogP contribution in [0.3, 0.4) is 0 Å². The highest BCUT2D eigenvalue weighted by Gasteiger charge is 2.31. The largest absolute Gasteiger partial charge is 0.403 e. The van der Waals surface area contributed by atoms with E-state index in [1.165, 1.54) is 15.9 Å². The lowest BCUT2D eigenvalue weighted by Crippen LogP contribution is -2.47. The number of benzene rings is 3. The Kier molecular flexibility index (Phi) is 8.87. The Balaban J connectivity index is 1.92. The van der Waals surface area contributed by atoms with Crippen LogP contribution in [0.25, 0.3) is 0 Å². The summed E-state index contributed by atoms with van der Waals surface area (Å²) in [4.78, 5) is 0. The minimum Gasteiger partial charge on any atom is -0.403 e. The quantitative estimate of drug-likeness (QED) is 0.307. The Morgan fingerprint density at radius 1 is 0.844 bits per heavy atom. The molecule has 0 aliphatic heterocycles. The molecule has 2 nitrogen and oxygen atoms in total. The molecule has 166 valence electrons. The number of hydrogen-bond donors (Lipinski definition) is 1. The van der Waals surface area contributed by atoms with E-state index in [0.29, 0.717) is 0 Å². The number of rotatable bonds is 8. The summed E-state index contributed by atoms with van der Waals surface area (Å²) in [5, 5.41) is 11.5. The number of hydrogen-bond acceptors (Lipinski definition) is 2. The molecule has 1 unspecified atom stereocenters. The van der Waals surface area contributed by atoms with Gasteiger partial charge in [0.25, 0.3) is 0 Å². The molecule has 3 heteroatoms. The van der Waals surface area contributed by atoms with Gasteiger partial charge in [0.1, 0.15) is 0 Å². The smallest absolute Gasteiger partial charge is 0.240 e. The normalized spacial score (nSPS) is 12.3. The molecule has 0 aliphatic rings. The fourth-order valence-electron chi connectivity index (χ4n) is 3.79. The topological polar surface area (TPSA) is 29.5 Å². The first-order chi connectivity index (χ1) is 15.5. The SMILES string of the molecule is CC(C)(C)C(O[SiH](c1ccccc1)c1ccccc1)c1cccc(C#CCCCCO)c1. The molecule has 1 atom stereocenters. The van der Waals surface area contributed by atoms with Gasteiger partial charge in [0.05, 0.1) is 6.10 Å². The maximum Gasteiger partial charge on any atom is 0.240 e. The van der Waals surface area contributed by atoms with Crippen LogP contribution in [0.4, 0.5) is 0 Å². The molecule has 0 saturated heterocycles. The maximum atomic E-state index is 8.93. The molecule has 0 amide bonds. The lowest BCUT2D eigenvalue weighted by atomic mass is 9.84. The summed E-state index contributed by atoms with van der Waals surface area (Å²) in [5.41, 5.74) is 2.12. The Morgan fingerprint density at radius 3 is 2.03 bits per heavy atom. The minimum absolute atomic E-state index is 0.0456. The van der Waals surface area contributed by atoms with E-state index in [1.807, 2.05) is 0 Å². The van der Waals surface area contributed by atoms with E-state index in [9.17, 15) is 0 Å². The monoisotopic (exact) mass is 442 g/mol. The summed E-state index contributed by atoms with van der Waals surface area (Å²) in [6.07, 6.45) is 2.50. The van der Waals surface area contributed by atoms with Crippen molar-refractivity contribution < 1.29 is 9.53 Å². The van der Waals surface area contributed by atoms with Gasteiger partial charge >= 0.3 is 0 Å². The van der Waals surface area contributed by atoms with E-state index < -0.39 is 9.04 Å². The molecular formula is C29H34O2Si. The van der Waals surface area contributed by atoms with Crippen LogP contribution in [0.2, 0.25) is 0 Å². The van der Waals surface area contributed by atoms with Crippen LogP contribution in [-0.4, -0.2) is 20.8 Å². The molecule has 0 bridgehead atoms. The minimum atomic E-state index is -1.89. The van der Waals surface area contributed by atoms with E-state index >= 15 is 0 Å². The molecule has 0 aliphatic carbocycles. The van der Waals surface area contributed by atoms with Crippen molar-refractivity contribution >= 4 is 19.4 Å². The van der Waals surface area contributed by atoms with E-state index in [4.69, 9.17) is 9.53 Å². The van der Waals surface area contributed by atoms with Gasteiger partial charge in [-0.1, -0.05) is 105 Å². The third kappa shape index (κ3) is 6.93. The van der Waals surface area contributed by atoms with Gasteiger partial charge < -0.3 is 9.53 Å². The Bertz CT molecular complexity index is 974. The van der Waals surface area contributed by atoms with Gasteiger partial charge in [-0.15, -0.1) is 0 Å². The van der Waals surface area contributed by atoms with Crippen LogP contribution >= 0.6 is 0 Å². The van der Waals surface area contributed by atoms with E-state index in [2.05, 4.69) is 118 Å². The van der Waals surface area contributed by atoms with Gasteiger partial charge in [0, 0.05) is 18.6 Å². The molecule has 0 heterocycles. The van der Waals surface area contributed by atoms with Gasteiger partial charge in [0.15, 0.2) is 0 Å². The standard InChI is InChI=1S/C29H34O2Si/c1-29(2,3)28(25-17-14-16-24(23-25)15-8-4-5-13-22-30)31-32(26-18-9-6-10-19-26)27-20-11-7-12-21-27/h6-7,9-12,14,16-21,23,28,30,32H,4-5,13,22H2,1-3H3. The number of aliphatic hydroxyl groups is 1. The maximum absolute atomic E-state index is 8.93. The number of aliphatic hydroxyl groups excluding tert-OH is 1. The second-order valence-electron chi connectivity index (χ2n) is 9.19. The molecule has 3 rings (SSSR count). The van der Waals surface area contributed by atoms with Crippen molar-refractivity contribution in [1.82, 2.24) is 0 Å². The van der Waals surface area contributed by atoms with Crippen molar-refractivity contribution in [1.29, 1.82) is 0 Å². The number of unbranched alkanes of at least 4 members (excludes halogenated alkanes) is 2. The Morgan fingerprint density at radius 2 is 1.47 bits per heavy atom. The Hall–Kier alpha value is -2.64. The van der Waals surface area contributed by atoms with Crippen molar-refractivity contribution in [2.45, 2.75) is 46.1 Å². The molecule has 0 spiro atoms. The van der Waals surface area contributed by atoms with Crippen molar-refractivity contribution in [2.24, 2.45) is 5.41 Å². The van der Waals surface area contributed by atoms with Crippen LogP contribution < -0.4 is 10.4 Å². The van der Waals surface area contributed by atoms with Crippen LogP contribution in [-0.2, 0) is 4.43 Å². The van der Waals surface area contributed by atoms with Gasteiger partial charge in [-0.2, -0.15) is 0 Å². The second kappa shape index (κ2) is 11.8. The van der Waals surface area contributed by atoms with Crippen molar-refractivity contribution in [3.05, 3.63) is 96.1 Å². The van der Waals surface area contributed by atoms with Gasteiger partial charge in [-0.3, -0.25) is 0 Å². The lowest BCUT2D eigenvalue weighted by Gasteiger charge is -2.35. The molecule has 0 fully saturated rings. The molecule has 1 N–H and O–H groups in total. The van der Waals surface area contributed by atoms with E-state index in [1.54, 1.807) is 0 Å². The van der Waals surface area contributed by atoms with E-state index in [-0.39, 0.29) is 18.1 Å². The average Bonchev–Trinajstić information content (AvgIpc) is 2.80. The van der Waals surface area contributed by atoms with Crippen molar-refractivity contribution in [3.63, 3.8) is 0 Å². The molecule has 3 aromatic rings. The van der Waals surface area contributed by atoms with Crippen LogP contribution in [0.5, 0.6) is 0 Å². The molecule has 32 heavy (non-hydrogen) atoms. The predicted octanol–water partition coefficient (Wildman–Crippen LogP) is 4.84. The summed E-state index contributed by atoms with van der Waals surface area (Å²) in [6.45, 7) is 6.96. The van der Waals surface area contributed by atoms with Crippen LogP contribution in [0.15, 0.2) is 84.9 Å². The van der Waals surface area contributed by atoms with Gasteiger partial charge in [-0.05, 0) is 46.3 Å². The zero-order valence-electron chi connectivity index (χ0n) is 19.4. The molecule has 3 aromatic carbocycles. The van der Waals surface area contributed by atoms with Crippen LogP contribution in [0, 0.1) is 17.3 Å². The first-order valence-corrected chi connectivity index (χ1v) is 13.1. The summed E-state index contributed by atoms with van der Waals surface area (Å²) < 4.78 is 7.05. The third-order valence-corrected chi connectivity index (χ3v) is 7.92. The molecule has 0 aromatic heterocycles. The summed E-state index contributed by atoms with van der Waals surface area (Å²) in [7, 11) is -1.89. The third-order valence-electron chi connectivity index (χ3n) is 5.40. The first kappa shape index (κ1) is 24.0. The average molecular weight is 443 g/mol. The lowest BCUT2D eigenvalue weighted by molar-refractivity contribution is 0.0897. The molecule has 0 radical (unpaired) electrons. The second-order valence-corrected chi connectivity index (χ2v) is 11.6. The highest BCUT2D eigenvalue weighted by Crippen LogP contribution is 2.36. The zero-order chi connectivity index (χ0) is 22.8. The Labute approximate surface area is 195 Å². The molecular weight excluding hydrogens is 408 g/mol. The highest BCUT2D eigenvalue weighted by atomic mass is 28.3. The summed E-state index contributed by atoms with van der Waals surface area (Å²) >= 11 is 0. The first-order valence-electron chi connectivity index (χ1n) is 11.4. The fraction of sp³-hybridized carbons (Fsp3) is 0.310. The summed E-state index contributed by atoms with van der Waals surface area (Å²) in [5.74, 6) is 6.53. The van der Waals surface area contributed by atoms with Crippen molar-refractivity contribution in [3.8, 4) is 11.8 Å². The summed E-state index contributed by atoms with van der Waals surface area (Å²) in [6, 6.07) is 29.8. The van der Waals surface area contributed by atoms with E-state index in [0.717, 1.165) is 24.8 Å². The van der Waals surface area contributed by atoms with Crippen molar-refractivity contribution in [2.75, 3.05) is 6.61 Å². The molecule has 0 saturated carbocycles. The van der Waals surface area contributed by atoms with Gasteiger partial charge in [0.2, 0.25) is 9.04 Å². The van der Waals surface area contributed by atoms with Crippen LogP contribution in [0.1, 0.15) is 57.3 Å². The predicted molar refractivity (Wildman–Crippen MR) is 137 cm³/mol.